The van der Waals surface area contributed by atoms with Gasteiger partial charge in [0.1, 0.15) is 5.82 Å². The van der Waals surface area contributed by atoms with E-state index in [4.69, 9.17) is 0 Å². The van der Waals surface area contributed by atoms with Gasteiger partial charge in [0, 0.05) is 44.3 Å². The van der Waals surface area contributed by atoms with Crippen molar-refractivity contribution >= 4 is 11.8 Å². The zero-order valence-corrected chi connectivity index (χ0v) is 17.1. The highest BCUT2D eigenvalue weighted by Gasteiger charge is 2.31. The Morgan fingerprint density at radius 2 is 1.73 bits per heavy atom. The highest BCUT2D eigenvalue weighted by Crippen LogP contribution is 2.20. The molecule has 0 radical (unpaired) electrons. The summed E-state index contributed by atoms with van der Waals surface area (Å²) in [7, 11) is 0. The average molecular weight is 410 g/mol. The van der Waals surface area contributed by atoms with Crippen LogP contribution >= 0.6 is 0 Å². The van der Waals surface area contributed by atoms with Gasteiger partial charge in [-0.1, -0.05) is 30.3 Å². The summed E-state index contributed by atoms with van der Waals surface area (Å²) in [5.74, 6) is -0.646. The zero-order chi connectivity index (χ0) is 20.9. The van der Waals surface area contributed by atoms with Crippen molar-refractivity contribution in [1.29, 1.82) is 0 Å². The summed E-state index contributed by atoms with van der Waals surface area (Å²) in [5, 5.41) is 3.20. The summed E-state index contributed by atoms with van der Waals surface area (Å²) in [6, 6.07) is 16.1. The van der Waals surface area contributed by atoms with Crippen LogP contribution in [0.25, 0.3) is 0 Å². The number of nitrogens with one attached hydrogen (secondary N) is 1. The van der Waals surface area contributed by atoms with Crippen LogP contribution in [0, 0.1) is 11.7 Å². The van der Waals surface area contributed by atoms with Gasteiger partial charge in [-0.15, -0.1) is 0 Å². The molecule has 2 saturated heterocycles. The Labute approximate surface area is 176 Å². The molecule has 30 heavy (non-hydrogen) atoms. The standard InChI is InChI=1S/C24H28FN3O2/c25-21-10-8-19(9-11-21)24(30)28-13-4-7-20(16-28)23(29)26-22-12-14-27(17-22)15-18-5-2-1-3-6-18/h1-3,5-6,8-11,20,22H,4,7,12-17H2,(H,26,29)/t20-,22-/m0/s1. The van der Waals surface area contributed by atoms with Gasteiger partial charge < -0.3 is 10.2 Å². The molecule has 6 heteroatoms. The van der Waals surface area contributed by atoms with Gasteiger partial charge in [-0.3, -0.25) is 14.5 Å². The Balaban J connectivity index is 1.28. The predicted molar refractivity (Wildman–Crippen MR) is 113 cm³/mol. The number of hydrogen-bond donors (Lipinski definition) is 1. The van der Waals surface area contributed by atoms with Crippen molar-refractivity contribution in [2.45, 2.75) is 31.8 Å². The number of benzene rings is 2. The number of carbonyl (C=O) groups excluding carboxylic acids is 2. The third-order valence-electron chi connectivity index (χ3n) is 6.04. The van der Waals surface area contributed by atoms with E-state index in [0.717, 1.165) is 38.9 Å². The summed E-state index contributed by atoms with van der Waals surface area (Å²) in [4.78, 5) is 29.6. The highest BCUT2D eigenvalue weighted by atomic mass is 19.1. The van der Waals surface area contributed by atoms with Crippen molar-refractivity contribution in [3.63, 3.8) is 0 Å². The second-order valence-corrected chi connectivity index (χ2v) is 8.31. The Morgan fingerprint density at radius 3 is 2.50 bits per heavy atom. The van der Waals surface area contributed by atoms with Gasteiger partial charge in [-0.25, -0.2) is 4.39 Å². The van der Waals surface area contributed by atoms with E-state index in [2.05, 4.69) is 22.3 Å². The van der Waals surface area contributed by atoms with E-state index in [9.17, 15) is 14.0 Å². The molecule has 4 rings (SSSR count). The van der Waals surface area contributed by atoms with E-state index in [1.807, 2.05) is 18.2 Å². The van der Waals surface area contributed by atoms with Gasteiger partial charge in [0.25, 0.3) is 5.91 Å². The minimum Gasteiger partial charge on any atom is -0.352 e. The number of amides is 2. The monoisotopic (exact) mass is 409 g/mol. The Morgan fingerprint density at radius 1 is 0.967 bits per heavy atom. The van der Waals surface area contributed by atoms with E-state index in [1.54, 1.807) is 4.90 Å². The molecule has 0 saturated carbocycles. The molecular weight excluding hydrogens is 381 g/mol. The van der Waals surface area contributed by atoms with E-state index in [1.165, 1.54) is 29.8 Å². The lowest BCUT2D eigenvalue weighted by molar-refractivity contribution is -0.127. The van der Waals surface area contributed by atoms with Crippen LogP contribution < -0.4 is 5.32 Å². The molecule has 0 spiro atoms. The first-order valence-corrected chi connectivity index (χ1v) is 10.7. The molecule has 0 unspecified atom stereocenters. The zero-order valence-electron chi connectivity index (χ0n) is 17.1. The number of rotatable bonds is 5. The number of likely N-dealkylation sites (tertiary alicyclic amines) is 2. The number of halogens is 1. The lowest BCUT2D eigenvalue weighted by Crippen LogP contribution is -2.48. The first kappa shape index (κ1) is 20.5. The summed E-state index contributed by atoms with van der Waals surface area (Å²) >= 11 is 0. The normalized spacial score (nSPS) is 22.1. The average Bonchev–Trinajstić information content (AvgIpc) is 3.21. The third kappa shape index (κ3) is 5.05. The van der Waals surface area contributed by atoms with Crippen LogP contribution in [0.3, 0.4) is 0 Å². The summed E-state index contributed by atoms with van der Waals surface area (Å²) in [6.45, 7) is 3.78. The third-order valence-corrected chi connectivity index (χ3v) is 6.04. The van der Waals surface area contributed by atoms with E-state index >= 15 is 0 Å². The van der Waals surface area contributed by atoms with Crippen LogP contribution in [-0.2, 0) is 11.3 Å². The maximum Gasteiger partial charge on any atom is 0.253 e. The van der Waals surface area contributed by atoms with Crippen LogP contribution in [0.1, 0.15) is 35.2 Å². The Bertz CT molecular complexity index is 872. The van der Waals surface area contributed by atoms with Gasteiger partial charge >= 0.3 is 0 Å². The van der Waals surface area contributed by atoms with Crippen LogP contribution in [0.4, 0.5) is 4.39 Å². The maximum absolute atomic E-state index is 13.1. The highest BCUT2D eigenvalue weighted by molar-refractivity contribution is 5.94. The first-order chi connectivity index (χ1) is 14.6. The number of piperidine rings is 1. The molecule has 2 aromatic rings. The fraction of sp³-hybridized carbons (Fsp3) is 0.417. The van der Waals surface area contributed by atoms with Crippen LogP contribution in [0.2, 0.25) is 0 Å². The van der Waals surface area contributed by atoms with Crippen molar-refractivity contribution in [2.75, 3.05) is 26.2 Å². The topological polar surface area (TPSA) is 52.7 Å². The molecule has 2 fully saturated rings. The fourth-order valence-electron chi connectivity index (χ4n) is 4.41. The van der Waals surface area contributed by atoms with Gasteiger partial charge in [0.15, 0.2) is 0 Å². The molecular formula is C24H28FN3O2. The fourth-order valence-corrected chi connectivity index (χ4v) is 4.41. The molecule has 5 nitrogen and oxygen atoms in total. The van der Waals surface area contributed by atoms with E-state index < -0.39 is 0 Å². The predicted octanol–water partition coefficient (Wildman–Crippen LogP) is 3.07. The van der Waals surface area contributed by atoms with Gasteiger partial charge in [-0.2, -0.15) is 0 Å². The van der Waals surface area contributed by atoms with Crippen molar-refractivity contribution < 1.29 is 14.0 Å². The summed E-state index contributed by atoms with van der Waals surface area (Å²) in [5.41, 5.74) is 1.75. The second kappa shape index (κ2) is 9.39. The minimum atomic E-state index is -0.361. The van der Waals surface area contributed by atoms with E-state index in [-0.39, 0.29) is 29.6 Å². The Kier molecular flexibility index (Phi) is 6.43. The number of carbonyl (C=O) groups is 2. The second-order valence-electron chi connectivity index (χ2n) is 8.31. The molecule has 0 bridgehead atoms. The van der Waals surface area contributed by atoms with Gasteiger partial charge in [-0.05, 0) is 49.1 Å². The molecule has 1 N–H and O–H groups in total. The molecule has 2 aliphatic heterocycles. The molecule has 0 aliphatic carbocycles. The number of hydrogen-bond acceptors (Lipinski definition) is 3. The molecule has 2 atom stereocenters. The van der Waals surface area contributed by atoms with Crippen LogP contribution in [0.15, 0.2) is 54.6 Å². The quantitative estimate of drug-likeness (QED) is 0.826. The maximum atomic E-state index is 13.1. The van der Waals surface area contributed by atoms with Crippen molar-refractivity contribution in [1.82, 2.24) is 15.1 Å². The van der Waals surface area contributed by atoms with E-state index in [0.29, 0.717) is 18.7 Å². The smallest absolute Gasteiger partial charge is 0.253 e. The Hall–Kier alpha value is -2.73. The van der Waals surface area contributed by atoms with Crippen molar-refractivity contribution in [3.05, 3.63) is 71.5 Å². The molecule has 2 aromatic carbocycles. The molecule has 158 valence electrons. The van der Waals surface area contributed by atoms with Crippen LogP contribution in [0.5, 0.6) is 0 Å². The minimum absolute atomic E-state index is 0.0400. The molecule has 2 aliphatic rings. The lowest BCUT2D eigenvalue weighted by Gasteiger charge is -2.32. The molecule has 2 amide bonds. The van der Waals surface area contributed by atoms with Crippen molar-refractivity contribution in [2.24, 2.45) is 5.92 Å². The SMILES string of the molecule is O=C(N[C@H]1CCN(Cc2ccccc2)C1)[C@H]1CCCN(C(=O)c2ccc(F)cc2)C1. The number of nitrogens with zero attached hydrogens (tertiary/aromatic N) is 2. The summed E-state index contributed by atoms with van der Waals surface area (Å²) in [6.07, 6.45) is 2.54. The molecule has 0 aromatic heterocycles. The van der Waals surface area contributed by atoms with Crippen LogP contribution in [-0.4, -0.2) is 53.8 Å². The lowest BCUT2D eigenvalue weighted by atomic mass is 9.96. The van der Waals surface area contributed by atoms with Gasteiger partial charge in [0.05, 0.1) is 5.92 Å². The summed E-state index contributed by atoms with van der Waals surface area (Å²) < 4.78 is 13.1. The first-order valence-electron chi connectivity index (χ1n) is 10.7. The van der Waals surface area contributed by atoms with Gasteiger partial charge in [0.2, 0.25) is 5.91 Å². The van der Waals surface area contributed by atoms with Crippen molar-refractivity contribution in [3.8, 4) is 0 Å². The largest absolute Gasteiger partial charge is 0.352 e. The molecule has 2 heterocycles.